The minimum Gasteiger partial charge on any atom is -0.411 e. The van der Waals surface area contributed by atoms with E-state index in [1.54, 1.807) is 12.3 Å². The Hall–Kier alpha value is -2.23. The molecule has 0 fully saturated rings. The van der Waals surface area contributed by atoms with Crippen molar-refractivity contribution in [3.05, 3.63) is 48.3 Å². The lowest BCUT2D eigenvalue weighted by Gasteiger charge is -1.99. The standard InChI is InChI=1S/C11H9N3O/c15-13-8-9-4-3-6-11(14-9)10-5-1-2-7-12-10/h1-8,15H/b13-8-. The highest BCUT2D eigenvalue weighted by atomic mass is 16.4. The van der Waals surface area contributed by atoms with Crippen LogP contribution in [-0.4, -0.2) is 21.4 Å². The SMILES string of the molecule is O/N=C\c1cccc(-c2ccccn2)n1. The first-order valence-corrected chi connectivity index (χ1v) is 4.46. The molecule has 0 amide bonds. The van der Waals surface area contributed by atoms with Crippen LogP contribution in [0.4, 0.5) is 0 Å². The molecule has 2 heterocycles. The van der Waals surface area contributed by atoms with Gasteiger partial charge in [0.1, 0.15) is 0 Å². The molecule has 0 unspecified atom stereocenters. The lowest BCUT2D eigenvalue weighted by atomic mass is 10.2. The molecule has 0 saturated carbocycles. The van der Waals surface area contributed by atoms with Gasteiger partial charge in [-0.15, -0.1) is 0 Å². The summed E-state index contributed by atoms with van der Waals surface area (Å²) in [6, 6.07) is 11.1. The first-order valence-electron chi connectivity index (χ1n) is 4.46. The van der Waals surface area contributed by atoms with Crippen LogP contribution in [0.15, 0.2) is 47.8 Å². The molecule has 4 nitrogen and oxygen atoms in total. The van der Waals surface area contributed by atoms with Crippen LogP contribution in [0, 0.1) is 0 Å². The van der Waals surface area contributed by atoms with Gasteiger partial charge in [0.25, 0.3) is 0 Å². The average molecular weight is 199 g/mol. The predicted octanol–water partition coefficient (Wildman–Crippen LogP) is 1.95. The highest BCUT2D eigenvalue weighted by Crippen LogP contribution is 2.12. The Morgan fingerprint density at radius 2 is 1.93 bits per heavy atom. The van der Waals surface area contributed by atoms with Crippen LogP contribution in [0.3, 0.4) is 0 Å². The van der Waals surface area contributed by atoms with Crippen LogP contribution in [-0.2, 0) is 0 Å². The third-order valence-electron chi connectivity index (χ3n) is 1.89. The molecule has 0 radical (unpaired) electrons. The maximum Gasteiger partial charge on any atom is 0.0918 e. The number of pyridine rings is 2. The molecule has 0 atom stereocenters. The van der Waals surface area contributed by atoms with Gasteiger partial charge in [0.05, 0.1) is 23.3 Å². The third kappa shape index (κ3) is 2.17. The molecule has 0 aliphatic carbocycles. The van der Waals surface area contributed by atoms with E-state index < -0.39 is 0 Å². The number of nitrogens with zero attached hydrogens (tertiary/aromatic N) is 3. The van der Waals surface area contributed by atoms with Crippen LogP contribution in [0.1, 0.15) is 5.69 Å². The molecule has 2 rings (SSSR count). The Labute approximate surface area is 86.9 Å². The van der Waals surface area contributed by atoms with Gasteiger partial charge in [0.15, 0.2) is 0 Å². The number of aromatic nitrogens is 2. The summed E-state index contributed by atoms with van der Waals surface area (Å²) < 4.78 is 0. The molecule has 74 valence electrons. The van der Waals surface area contributed by atoms with Gasteiger partial charge in [0.2, 0.25) is 0 Å². The quantitative estimate of drug-likeness (QED) is 0.457. The van der Waals surface area contributed by atoms with Crippen molar-refractivity contribution in [3.63, 3.8) is 0 Å². The second-order valence-corrected chi connectivity index (χ2v) is 2.91. The molecule has 0 aliphatic heterocycles. The van der Waals surface area contributed by atoms with Crippen molar-refractivity contribution in [2.24, 2.45) is 5.16 Å². The molecule has 4 heteroatoms. The van der Waals surface area contributed by atoms with Crippen molar-refractivity contribution in [1.82, 2.24) is 9.97 Å². The van der Waals surface area contributed by atoms with Crippen LogP contribution >= 0.6 is 0 Å². The predicted molar refractivity (Wildman–Crippen MR) is 56.8 cm³/mol. The molecule has 0 aliphatic rings. The van der Waals surface area contributed by atoms with E-state index in [1.807, 2.05) is 30.3 Å². The molecule has 2 aromatic rings. The molecule has 0 saturated heterocycles. The van der Waals surface area contributed by atoms with Crippen LogP contribution < -0.4 is 0 Å². The van der Waals surface area contributed by atoms with Crippen molar-refractivity contribution in [3.8, 4) is 11.4 Å². The fraction of sp³-hybridized carbons (Fsp3) is 0. The zero-order chi connectivity index (χ0) is 10.5. The number of oxime groups is 1. The van der Waals surface area contributed by atoms with E-state index in [2.05, 4.69) is 15.1 Å². The van der Waals surface area contributed by atoms with Crippen LogP contribution in [0.5, 0.6) is 0 Å². The van der Waals surface area contributed by atoms with Gasteiger partial charge in [-0.25, -0.2) is 4.98 Å². The minimum atomic E-state index is 0.598. The van der Waals surface area contributed by atoms with Crippen molar-refractivity contribution >= 4 is 6.21 Å². The van der Waals surface area contributed by atoms with Gasteiger partial charge in [-0.3, -0.25) is 4.98 Å². The monoisotopic (exact) mass is 199 g/mol. The van der Waals surface area contributed by atoms with Crippen molar-refractivity contribution in [1.29, 1.82) is 0 Å². The minimum absolute atomic E-state index is 0.598. The van der Waals surface area contributed by atoms with Crippen LogP contribution in [0.25, 0.3) is 11.4 Å². The van der Waals surface area contributed by atoms with Crippen molar-refractivity contribution in [2.75, 3.05) is 0 Å². The maximum absolute atomic E-state index is 8.39. The summed E-state index contributed by atoms with van der Waals surface area (Å²) >= 11 is 0. The molecule has 2 aromatic heterocycles. The molecular weight excluding hydrogens is 190 g/mol. The van der Waals surface area contributed by atoms with Crippen molar-refractivity contribution in [2.45, 2.75) is 0 Å². The van der Waals surface area contributed by atoms with E-state index in [0.717, 1.165) is 11.4 Å². The van der Waals surface area contributed by atoms with Gasteiger partial charge in [-0.05, 0) is 24.3 Å². The molecule has 0 bridgehead atoms. The molecular formula is C11H9N3O. The molecule has 0 spiro atoms. The summed E-state index contributed by atoms with van der Waals surface area (Å²) in [4.78, 5) is 8.44. The number of rotatable bonds is 2. The largest absolute Gasteiger partial charge is 0.411 e. The second-order valence-electron chi connectivity index (χ2n) is 2.91. The molecule has 1 N–H and O–H groups in total. The van der Waals surface area contributed by atoms with Crippen molar-refractivity contribution < 1.29 is 5.21 Å². The second kappa shape index (κ2) is 4.32. The fourth-order valence-corrected chi connectivity index (χ4v) is 1.24. The van der Waals surface area contributed by atoms with Gasteiger partial charge < -0.3 is 5.21 Å². The number of hydrogen-bond donors (Lipinski definition) is 1. The van der Waals surface area contributed by atoms with Gasteiger partial charge >= 0.3 is 0 Å². The van der Waals surface area contributed by atoms with E-state index >= 15 is 0 Å². The fourth-order valence-electron chi connectivity index (χ4n) is 1.24. The highest BCUT2D eigenvalue weighted by molar-refractivity contribution is 5.77. The first kappa shape index (κ1) is 9.33. The normalized spacial score (nSPS) is 10.7. The van der Waals surface area contributed by atoms with Crippen LogP contribution in [0.2, 0.25) is 0 Å². The van der Waals surface area contributed by atoms with E-state index in [-0.39, 0.29) is 0 Å². The summed E-state index contributed by atoms with van der Waals surface area (Å²) in [6.45, 7) is 0. The van der Waals surface area contributed by atoms with Gasteiger partial charge in [0, 0.05) is 6.20 Å². The van der Waals surface area contributed by atoms with E-state index in [0.29, 0.717) is 5.69 Å². The van der Waals surface area contributed by atoms with E-state index in [9.17, 15) is 0 Å². The lowest BCUT2D eigenvalue weighted by molar-refractivity contribution is 0.321. The summed E-state index contributed by atoms with van der Waals surface area (Å²) in [5.74, 6) is 0. The summed E-state index contributed by atoms with van der Waals surface area (Å²) in [5, 5.41) is 11.3. The summed E-state index contributed by atoms with van der Waals surface area (Å²) in [5.41, 5.74) is 2.15. The van der Waals surface area contributed by atoms with Gasteiger partial charge in [-0.2, -0.15) is 0 Å². The van der Waals surface area contributed by atoms with E-state index in [4.69, 9.17) is 5.21 Å². The lowest BCUT2D eigenvalue weighted by Crippen LogP contribution is -1.91. The average Bonchev–Trinajstić information content (AvgIpc) is 2.31. The Bertz CT molecular complexity index is 468. The maximum atomic E-state index is 8.39. The highest BCUT2D eigenvalue weighted by Gasteiger charge is 1.99. The molecule has 0 aromatic carbocycles. The Morgan fingerprint density at radius 1 is 1.07 bits per heavy atom. The smallest absolute Gasteiger partial charge is 0.0918 e. The van der Waals surface area contributed by atoms with Gasteiger partial charge in [-0.1, -0.05) is 17.3 Å². The third-order valence-corrected chi connectivity index (χ3v) is 1.89. The topological polar surface area (TPSA) is 58.4 Å². The van der Waals surface area contributed by atoms with E-state index in [1.165, 1.54) is 6.21 Å². The summed E-state index contributed by atoms with van der Waals surface area (Å²) in [6.07, 6.45) is 3.00. The number of hydrogen-bond acceptors (Lipinski definition) is 4. The summed E-state index contributed by atoms with van der Waals surface area (Å²) in [7, 11) is 0. The zero-order valence-corrected chi connectivity index (χ0v) is 7.91. The Kier molecular flexibility index (Phi) is 2.69. The Morgan fingerprint density at radius 3 is 2.67 bits per heavy atom. The zero-order valence-electron chi connectivity index (χ0n) is 7.91. The Balaban J connectivity index is 2.41. The first-order chi connectivity index (χ1) is 7.40. The molecule has 15 heavy (non-hydrogen) atoms.